The van der Waals surface area contributed by atoms with Crippen LogP contribution in [0.4, 0.5) is 0 Å². The van der Waals surface area contributed by atoms with Gasteiger partial charge in [0.1, 0.15) is 11.2 Å². The molecule has 7 nitrogen and oxygen atoms in total. The smallest absolute Gasteiger partial charge is 0.345 e. The average molecular weight is 384 g/mol. The first-order chi connectivity index (χ1) is 12.8. The number of fused-ring (bicyclic) bond motifs is 2. The zero-order chi connectivity index (χ0) is 19.2. The summed E-state index contributed by atoms with van der Waals surface area (Å²) >= 11 is 0. The lowest BCUT2D eigenvalue weighted by atomic mass is 10.1. The van der Waals surface area contributed by atoms with E-state index in [1.165, 1.54) is 0 Å². The van der Waals surface area contributed by atoms with Crippen molar-refractivity contribution in [2.24, 2.45) is 0 Å². The van der Waals surface area contributed by atoms with E-state index in [0.717, 1.165) is 11.2 Å². The summed E-state index contributed by atoms with van der Waals surface area (Å²) in [6, 6.07) is 10.6. The maximum absolute atomic E-state index is 12.5. The molecular formula is C19H16N2O5S. The summed E-state index contributed by atoms with van der Waals surface area (Å²) in [4.78, 5) is 16.9. The number of pyridine rings is 1. The molecule has 3 aromatic heterocycles. The third-order valence-corrected chi connectivity index (χ3v) is 5.04. The monoisotopic (exact) mass is 384 g/mol. The highest BCUT2D eigenvalue weighted by Crippen LogP contribution is 2.22. The van der Waals surface area contributed by atoms with Crippen molar-refractivity contribution in [1.82, 2.24) is 9.38 Å². The standard InChI is InChI=1S/C19H16N2O5S/c1-12-2-5-18-20-16(11-21(18)10-12)15-9-14-4-3-13(6-7-27(23,24)25)8-17(14)26-19(15)22/h2-5,8-11H,6-7H2,1H3,(H,23,24,25). The third-order valence-electron chi connectivity index (χ3n) is 4.32. The number of hydrogen-bond donors (Lipinski definition) is 1. The molecule has 0 unspecified atom stereocenters. The van der Waals surface area contributed by atoms with Gasteiger partial charge in [-0.1, -0.05) is 18.2 Å². The first kappa shape index (κ1) is 17.4. The molecule has 0 radical (unpaired) electrons. The van der Waals surface area contributed by atoms with Crippen LogP contribution >= 0.6 is 0 Å². The van der Waals surface area contributed by atoms with Gasteiger partial charge >= 0.3 is 5.63 Å². The predicted octanol–water partition coefficient (Wildman–Crippen LogP) is 2.85. The first-order valence-corrected chi connectivity index (χ1v) is 9.87. The molecule has 0 saturated carbocycles. The SMILES string of the molecule is Cc1ccc2nc(-c3cc4ccc(CCS(=O)(=O)O)cc4oc3=O)cn2c1. The van der Waals surface area contributed by atoms with E-state index in [9.17, 15) is 13.2 Å². The van der Waals surface area contributed by atoms with Crippen LogP contribution in [-0.2, 0) is 16.5 Å². The molecule has 3 heterocycles. The van der Waals surface area contributed by atoms with Crippen LogP contribution in [0.25, 0.3) is 27.9 Å². The van der Waals surface area contributed by atoms with E-state index in [1.54, 1.807) is 30.5 Å². The molecule has 1 aromatic carbocycles. The summed E-state index contributed by atoms with van der Waals surface area (Å²) in [7, 11) is -4.05. The van der Waals surface area contributed by atoms with E-state index >= 15 is 0 Å². The predicted molar refractivity (Wildman–Crippen MR) is 102 cm³/mol. The van der Waals surface area contributed by atoms with Crippen LogP contribution < -0.4 is 5.63 Å². The second-order valence-corrected chi connectivity index (χ2v) is 8.03. The van der Waals surface area contributed by atoms with Gasteiger partial charge in [-0.25, -0.2) is 9.78 Å². The van der Waals surface area contributed by atoms with Crippen LogP contribution in [0.2, 0.25) is 0 Å². The quantitative estimate of drug-likeness (QED) is 0.429. The highest BCUT2D eigenvalue weighted by atomic mass is 32.2. The van der Waals surface area contributed by atoms with Gasteiger partial charge in [0.05, 0.1) is 17.0 Å². The summed E-state index contributed by atoms with van der Waals surface area (Å²) in [6.45, 7) is 1.98. The van der Waals surface area contributed by atoms with Gasteiger partial charge in [0.15, 0.2) is 0 Å². The summed E-state index contributed by atoms with van der Waals surface area (Å²) in [5.74, 6) is -0.387. The average Bonchev–Trinajstić information content (AvgIpc) is 3.01. The summed E-state index contributed by atoms with van der Waals surface area (Å²) in [6.07, 6.45) is 3.84. The van der Waals surface area contributed by atoms with Crippen LogP contribution in [-0.4, -0.2) is 28.1 Å². The van der Waals surface area contributed by atoms with Crippen LogP contribution in [0.3, 0.4) is 0 Å². The van der Waals surface area contributed by atoms with Gasteiger partial charge in [-0.2, -0.15) is 8.42 Å². The largest absolute Gasteiger partial charge is 0.422 e. The maximum Gasteiger partial charge on any atom is 0.345 e. The Morgan fingerprint density at radius 2 is 1.96 bits per heavy atom. The van der Waals surface area contributed by atoms with Crippen molar-refractivity contribution < 1.29 is 17.4 Å². The highest BCUT2D eigenvalue weighted by Gasteiger charge is 2.13. The molecule has 4 aromatic rings. The lowest BCUT2D eigenvalue weighted by Gasteiger charge is -2.03. The molecule has 0 aliphatic carbocycles. The zero-order valence-corrected chi connectivity index (χ0v) is 15.2. The normalized spacial score (nSPS) is 12.1. The number of rotatable bonds is 4. The Labute approximate surface area is 154 Å². The topological polar surface area (TPSA) is 102 Å². The fraction of sp³-hybridized carbons (Fsp3) is 0.158. The zero-order valence-electron chi connectivity index (χ0n) is 14.4. The van der Waals surface area contributed by atoms with Crippen molar-refractivity contribution in [3.8, 4) is 11.3 Å². The summed E-state index contributed by atoms with van der Waals surface area (Å²) < 4.78 is 37.9. The fourth-order valence-corrected chi connectivity index (χ4v) is 3.46. The molecule has 0 saturated heterocycles. The number of aryl methyl sites for hydroxylation is 2. The number of nitrogens with zero attached hydrogens (tertiary/aromatic N) is 2. The molecule has 4 rings (SSSR count). The van der Waals surface area contributed by atoms with Gasteiger partial charge < -0.3 is 8.82 Å². The molecule has 27 heavy (non-hydrogen) atoms. The molecule has 8 heteroatoms. The molecule has 0 atom stereocenters. The molecule has 0 spiro atoms. The molecule has 0 amide bonds. The Kier molecular flexibility index (Phi) is 4.09. The molecule has 138 valence electrons. The summed E-state index contributed by atoms with van der Waals surface area (Å²) in [5.41, 5.74) is 3.18. The third kappa shape index (κ3) is 3.62. The van der Waals surface area contributed by atoms with E-state index in [1.807, 2.05) is 29.7 Å². The van der Waals surface area contributed by atoms with Gasteiger partial charge in [0.2, 0.25) is 0 Å². The van der Waals surface area contributed by atoms with Gasteiger partial charge in [-0.3, -0.25) is 4.55 Å². The molecule has 0 aliphatic heterocycles. The second kappa shape index (κ2) is 6.33. The van der Waals surface area contributed by atoms with Gasteiger partial charge in [0, 0.05) is 17.8 Å². The highest BCUT2D eigenvalue weighted by molar-refractivity contribution is 7.85. The lowest BCUT2D eigenvalue weighted by Crippen LogP contribution is -2.07. The number of benzene rings is 1. The van der Waals surface area contributed by atoms with E-state index in [4.69, 9.17) is 8.97 Å². The van der Waals surface area contributed by atoms with Gasteiger partial charge in [0.25, 0.3) is 10.1 Å². The van der Waals surface area contributed by atoms with Crippen LogP contribution in [0.1, 0.15) is 11.1 Å². The van der Waals surface area contributed by atoms with Gasteiger partial charge in [-0.15, -0.1) is 0 Å². The van der Waals surface area contributed by atoms with Crippen LogP contribution in [0.5, 0.6) is 0 Å². The molecular weight excluding hydrogens is 368 g/mol. The van der Waals surface area contributed by atoms with Crippen molar-refractivity contribution in [3.05, 3.63) is 70.3 Å². The van der Waals surface area contributed by atoms with Gasteiger partial charge in [-0.05, 0) is 42.7 Å². The number of imidazole rings is 1. The Morgan fingerprint density at radius 3 is 2.74 bits per heavy atom. The Hall–Kier alpha value is -2.97. The Bertz CT molecular complexity index is 1340. The lowest BCUT2D eigenvalue weighted by molar-refractivity contribution is 0.482. The van der Waals surface area contributed by atoms with E-state index in [-0.39, 0.29) is 12.2 Å². The van der Waals surface area contributed by atoms with E-state index in [0.29, 0.717) is 27.8 Å². The Morgan fingerprint density at radius 1 is 1.15 bits per heavy atom. The minimum atomic E-state index is -4.05. The van der Waals surface area contributed by atoms with Crippen LogP contribution in [0, 0.1) is 6.92 Å². The minimum absolute atomic E-state index is 0.131. The molecule has 1 N–H and O–H groups in total. The number of hydrogen-bond acceptors (Lipinski definition) is 5. The fourth-order valence-electron chi connectivity index (χ4n) is 2.97. The van der Waals surface area contributed by atoms with Crippen LogP contribution in [0.15, 0.2) is 58.0 Å². The maximum atomic E-state index is 12.5. The molecule has 0 bridgehead atoms. The molecule has 0 fully saturated rings. The Balaban J connectivity index is 1.75. The first-order valence-electron chi connectivity index (χ1n) is 8.26. The second-order valence-electron chi connectivity index (χ2n) is 6.45. The minimum Gasteiger partial charge on any atom is -0.422 e. The summed E-state index contributed by atoms with van der Waals surface area (Å²) in [5, 5.41) is 0.702. The molecule has 0 aliphatic rings. The number of aromatic nitrogens is 2. The van der Waals surface area contributed by atoms with Crippen molar-refractivity contribution in [3.63, 3.8) is 0 Å². The van der Waals surface area contributed by atoms with Crippen molar-refractivity contribution in [2.75, 3.05) is 5.75 Å². The van der Waals surface area contributed by atoms with Crippen molar-refractivity contribution in [2.45, 2.75) is 13.3 Å². The van der Waals surface area contributed by atoms with Crippen molar-refractivity contribution in [1.29, 1.82) is 0 Å². The van der Waals surface area contributed by atoms with Crippen molar-refractivity contribution >= 4 is 26.7 Å². The van der Waals surface area contributed by atoms with E-state index in [2.05, 4.69) is 4.98 Å². The van der Waals surface area contributed by atoms with E-state index < -0.39 is 15.7 Å².